The molecule has 0 heterocycles. The second-order valence-corrected chi connectivity index (χ2v) is 9.43. The summed E-state index contributed by atoms with van der Waals surface area (Å²) in [6.45, 7) is 29.0. The maximum absolute atomic E-state index is 4.09. The van der Waals surface area contributed by atoms with Crippen molar-refractivity contribution in [3.05, 3.63) is 128 Å². The fraction of sp³-hybridized carbons (Fsp3) is 0.267. The van der Waals surface area contributed by atoms with Crippen molar-refractivity contribution in [2.24, 2.45) is 5.41 Å². The number of rotatable bonds is 9. The van der Waals surface area contributed by atoms with Crippen molar-refractivity contribution in [3.63, 3.8) is 0 Å². The molecule has 164 valence electrons. The highest BCUT2D eigenvalue weighted by Gasteiger charge is 2.17. The molecular formula is C30H39N. The second-order valence-electron chi connectivity index (χ2n) is 9.43. The fourth-order valence-electron chi connectivity index (χ4n) is 3.08. The van der Waals surface area contributed by atoms with Gasteiger partial charge < -0.3 is 4.90 Å². The molecule has 0 spiro atoms. The first-order valence-corrected chi connectivity index (χ1v) is 10.7. The van der Waals surface area contributed by atoms with Gasteiger partial charge in [0, 0.05) is 17.1 Å². The minimum Gasteiger partial charge on any atom is -0.311 e. The zero-order valence-electron chi connectivity index (χ0n) is 20.3. The molecule has 0 radical (unpaired) electrons. The Balaban J connectivity index is 3.71. The average Bonchev–Trinajstić information content (AvgIpc) is 2.69. The molecule has 31 heavy (non-hydrogen) atoms. The van der Waals surface area contributed by atoms with Crippen LogP contribution < -0.4 is 4.90 Å². The van der Waals surface area contributed by atoms with Crippen molar-refractivity contribution >= 4 is 5.69 Å². The first-order chi connectivity index (χ1) is 14.5. The third kappa shape index (κ3) is 7.61. The summed E-state index contributed by atoms with van der Waals surface area (Å²) in [5.74, 6) is 0. The smallest absolute Gasteiger partial charge is 0.0461 e. The molecule has 0 atom stereocenters. The van der Waals surface area contributed by atoms with Gasteiger partial charge in [-0.2, -0.15) is 0 Å². The van der Waals surface area contributed by atoms with Gasteiger partial charge in [0.25, 0.3) is 0 Å². The minimum atomic E-state index is 0.00620. The molecule has 0 fully saturated rings. The van der Waals surface area contributed by atoms with Crippen LogP contribution in [0.4, 0.5) is 5.69 Å². The number of nitrogens with zero attached hydrogens (tertiary/aromatic N) is 1. The monoisotopic (exact) mass is 413 g/mol. The second kappa shape index (κ2) is 11.4. The van der Waals surface area contributed by atoms with Crippen LogP contribution in [0.1, 0.15) is 47.1 Å². The summed E-state index contributed by atoms with van der Waals surface area (Å²) in [5.41, 5.74) is 5.51. The lowest BCUT2D eigenvalue weighted by atomic mass is 9.86. The van der Waals surface area contributed by atoms with Gasteiger partial charge in [-0.25, -0.2) is 0 Å². The van der Waals surface area contributed by atoms with Crippen molar-refractivity contribution in [3.8, 4) is 0 Å². The Bertz CT molecular complexity index is 901. The summed E-state index contributed by atoms with van der Waals surface area (Å²) in [4.78, 5) is 2.17. The van der Waals surface area contributed by atoms with E-state index in [1.54, 1.807) is 12.2 Å². The first kappa shape index (κ1) is 26.0. The summed E-state index contributed by atoms with van der Waals surface area (Å²) in [6, 6.07) is 8.68. The van der Waals surface area contributed by atoms with Crippen LogP contribution in [0.15, 0.2) is 122 Å². The van der Waals surface area contributed by atoms with Gasteiger partial charge in [0.1, 0.15) is 0 Å². The van der Waals surface area contributed by atoms with E-state index in [1.165, 1.54) is 5.56 Å². The van der Waals surface area contributed by atoms with Crippen LogP contribution in [-0.2, 0) is 5.41 Å². The van der Waals surface area contributed by atoms with Crippen molar-refractivity contribution in [2.45, 2.75) is 47.0 Å². The van der Waals surface area contributed by atoms with Crippen LogP contribution >= 0.6 is 0 Å². The molecule has 0 bridgehead atoms. The Morgan fingerprint density at radius 3 is 1.77 bits per heavy atom. The number of allylic oxidation sites excluding steroid dienone is 10. The van der Waals surface area contributed by atoms with Crippen molar-refractivity contribution in [1.29, 1.82) is 0 Å². The van der Waals surface area contributed by atoms with E-state index in [0.717, 1.165) is 22.7 Å². The van der Waals surface area contributed by atoms with Gasteiger partial charge in [0.2, 0.25) is 0 Å². The topological polar surface area (TPSA) is 3.24 Å². The highest BCUT2D eigenvalue weighted by molar-refractivity contribution is 5.64. The van der Waals surface area contributed by atoms with Gasteiger partial charge in [-0.3, -0.25) is 0 Å². The van der Waals surface area contributed by atoms with Crippen LogP contribution in [0.25, 0.3) is 0 Å². The predicted molar refractivity (Wildman–Crippen MR) is 141 cm³/mol. The normalized spacial score (nSPS) is 13.8. The maximum atomic E-state index is 4.09. The summed E-state index contributed by atoms with van der Waals surface area (Å²) < 4.78 is 0. The standard InChI is InChI=1S/C30H39N/c1-11-15-17-27(16-12-2)31(28-22-19-25(20-23-28)30(8,9)10)26(14-4)21-18-24(13-3)29(5,6)7/h11-23H,1-4H2,5-10H3/b17-15-,24-18+,26-21+,27-16+. The van der Waals surface area contributed by atoms with E-state index >= 15 is 0 Å². The molecule has 1 rings (SSSR count). The van der Waals surface area contributed by atoms with Crippen molar-refractivity contribution < 1.29 is 0 Å². The largest absolute Gasteiger partial charge is 0.311 e. The van der Waals surface area contributed by atoms with Gasteiger partial charge in [-0.05, 0) is 58.4 Å². The lowest BCUT2D eigenvalue weighted by Gasteiger charge is -2.28. The molecule has 0 unspecified atom stereocenters. The van der Waals surface area contributed by atoms with Gasteiger partial charge in [-0.1, -0.05) is 110 Å². The lowest BCUT2D eigenvalue weighted by Crippen LogP contribution is -2.20. The van der Waals surface area contributed by atoms with E-state index in [9.17, 15) is 0 Å². The third-order valence-electron chi connectivity index (χ3n) is 4.93. The zero-order valence-corrected chi connectivity index (χ0v) is 20.3. The molecule has 0 aliphatic heterocycles. The maximum Gasteiger partial charge on any atom is 0.0461 e. The Kier molecular flexibility index (Phi) is 9.52. The predicted octanol–water partition coefficient (Wildman–Crippen LogP) is 8.83. The highest BCUT2D eigenvalue weighted by atomic mass is 15.1. The third-order valence-corrected chi connectivity index (χ3v) is 4.93. The van der Waals surface area contributed by atoms with Crippen molar-refractivity contribution in [2.75, 3.05) is 4.90 Å². The molecule has 0 N–H and O–H groups in total. The fourth-order valence-corrected chi connectivity index (χ4v) is 3.08. The van der Waals surface area contributed by atoms with Crippen LogP contribution in [-0.4, -0.2) is 0 Å². The van der Waals surface area contributed by atoms with Gasteiger partial charge in [0.05, 0.1) is 0 Å². The Morgan fingerprint density at radius 2 is 1.35 bits per heavy atom. The number of benzene rings is 1. The first-order valence-electron chi connectivity index (χ1n) is 10.7. The van der Waals surface area contributed by atoms with Crippen molar-refractivity contribution in [1.82, 2.24) is 0 Å². The summed E-state index contributed by atoms with van der Waals surface area (Å²) in [5, 5.41) is 0. The van der Waals surface area contributed by atoms with Crippen LogP contribution in [0.3, 0.4) is 0 Å². The van der Waals surface area contributed by atoms with Crippen LogP contribution in [0.2, 0.25) is 0 Å². The SMILES string of the molecule is C=C/C=C\C(=C/C=C)N(/C(C=C)=C/C=C(\C=C)C(C)(C)C)c1ccc(C(C)(C)C)cc1. The summed E-state index contributed by atoms with van der Waals surface area (Å²) in [7, 11) is 0. The van der Waals surface area contributed by atoms with E-state index < -0.39 is 0 Å². The van der Waals surface area contributed by atoms with E-state index in [-0.39, 0.29) is 10.8 Å². The Hall–Kier alpha value is -3.06. The number of hydrogen-bond acceptors (Lipinski definition) is 1. The molecule has 1 heteroatoms. The molecule has 0 aromatic heterocycles. The molecule has 1 aromatic rings. The van der Waals surface area contributed by atoms with E-state index in [0.29, 0.717) is 0 Å². The molecule has 0 aliphatic carbocycles. The number of hydrogen-bond donors (Lipinski definition) is 0. The minimum absolute atomic E-state index is 0.00620. The van der Waals surface area contributed by atoms with Gasteiger partial charge in [-0.15, -0.1) is 0 Å². The highest BCUT2D eigenvalue weighted by Crippen LogP contribution is 2.31. The lowest BCUT2D eigenvalue weighted by molar-refractivity contribution is 0.517. The zero-order chi connectivity index (χ0) is 23.7. The van der Waals surface area contributed by atoms with Crippen LogP contribution in [0, 0.1) is 5.41 Å². The van der Waals surface area contributed by atoms with Gasteiger partial charge in [0.15, 0.2) is 0 Å². The molecule has 1 aromatic carbocycles. The molecule has 1 nitrogen and oxygen atoms in total. The Labute approximate surface area is 190 Å². The van der Waals surface area contributed by atoms with E-state index in [4.69, 9.17) is 0 Å². The van der Waals surface area contributed by atoms with Gasteiger partial charge >= 0.3 is 0 Å². The number of anilines is 1. The average molecular weight is 414 g/mol. The molecule has 0 saturated heterocycles. The molecular weight excluding hydrogens is 374 g/mol. The van der Waals surface area contributed by atoms with E-state index in [2.05, 4.69) is 109 Å². The summed E-state index contributed by atoms with van der Waals surface area (Å²) >= 11 is 0. The molecule has 0 saturated carbocycles. The quantitative estimate of drug-likeness (QED) is 0.365. The summed E-state index contributed by atoms with van der Waals surface area (Å²) in [6.07, 6.45) is 17.5. The molecule has 0 aliphatic rings. The Morgan fingerprint density at radius 1 is 0.742 bits per heavy atom. The van der Waals surface area contributed by atoms with Crippen LogP contribution in [0.5, 0.6) is 0 Å². The molecule has 0 amide bonds. The van der Waals surface area contributed by atoms with E-state index in [1.807, 2.05) is 30.4 Å².